The number of rotatable bonds is 7. The topological polar surface area (TPSA) is 30.7 Å². The second-order valence-corrected chi connectivity index (χ2v) is 7.36. The van der Waals surface area contributed by atoms with Crippen LogP contribution >= 0.6 is 11.8 Å². The minimum absolute atomic E-state index is 0.246. The van der Waals surface area contributed by atoms with Crippen molar-refractivity contribution in [2.75, 3.05) is 5.75 Å². The zero-order chi connectivity index (χ0) is 18.5. The maximum atomic E-state index is 13.3. The SMILES string of the molecule is C=C(C)CCCSc1nc(-c2ccc(F)cc2)c(-c2ccncc2)n1C. The summed E-state index contributed by atoms with van der Waals surface area (Å²) in [5, 5.41) is 0.956. The summed E-state index contributed by atoms with van der Waals surface area (Å²) in [7, 11) is 2.02. The summed E-state index contributed by atoms with van der Waals surface area (Å²) in [6.45, 7) is 6.01. The molecule has 0 atom stereocenters. The minimum atomic E-state index is -0.246. The third-order valence-corrected chi connectivity index (χ3v) is 5.22. The highest BCUT2D eigenvalue weighted by Crippen LogP contribution is 2.35. The van der Waals surface area contributed by atoms with Crippen molar-refractivity contribution in [1.82, 2.24) is 14.5 Å². The van der Waals surface area contributed by atoms with Crippen LogP contribution in [-0.2, 0) is 7.05 Å². The maximum Gasteiger partial charge on any atom is 0.168 e. The molecule has 0 saturated heterocycles. The van der Waals surface area contributed by atoms with E-state index < -0.39 is 0 Å². The lowest BCUT2D eigenvalue weighted by atomic mass is 10.1. The van der Waals surface area contributed by atoms with Crippen molar-refractivity contribution in [1.29, 1.82) is 0 Å². The largest absolute Gasteiger partial charge is 0.322 e. The molecule has 0 spiro atoms. The molecule has 134 valence electrons. The van der Waals surface area contributed by atoms with Gasteiger partial charge in [0, 0.05) is 36.3 Å². The van der Waals surface area contributed by atoms with Gasteiger partial charge in [-0.1, -0.05) is 17.3 Å². The summed E-state index contributed by atoms with van der Waals surface area (Å²) in [5.74, 6) is 0.737. The van der Waals surface area contributed by atoms with Crippen LogP contribution in [0.1, 0.15) is 19.8 Å². The number of hydrogen-bond acceptors (Lipinski definition) is 3. The van der Waals surface area contributed by atoms with Crippen molar-refractivity contribution in [3.63, 3.8) is 0 Å². The number of hydrogen-bond donors (Lipinski definition) is 0. The Morgan fingerprint density at radius 1 is 1.12 bits per heavy atom. The molecule has 1 aromatic carbocycles. The molecule has 5 heteroatoms. The molecule has 0 fully saturated rings. The van der Waals surface area contributed by atoms with Crippen LogP contribution in [0.4, 0.5) is 4.39 Å². The van der Waals surface area contributed by atoms with E-state index in [1.807, 2.05) is 19.2 Å². The lowest BCUT2D eigenvalue weighted by molar-refractivity contribution is 0.628. The molecule has 0 N–H and O–H groups in total. The first-order valence-corrected chi connectivity index (χ1v) is 9.55. The number of aromatic nitrogens is 3. The van der Waals surface area contributed by atoms with Crippen LogP contribution in [0, 0.1) is 5.82 Å². The van der Waals surface area contributed by atoms with Gasteiger partial charge >= 0.3 is 0 Å². The molecule has 3 nitrogen and oxygen atoms in total. The number of imidazole rings is 1. The fraction of sp³-hybridized carbons (Fsp3) is 0.238. The van der Waals surface area contributed by atoms with Crippen molar-refractivity contribution < 1.29 is 4.39 Å². The summed E-state index contributed by atoms with van der Waals surface area (Å²) in [5.41, 5.74) is 5.03. The van der Waals surface area contributed by atoms with Gasteiger partial charge < -0.3 is 4.57 Å². The molecule has 0 aliphatic heterocycles. The number of pyridine rings is 1. The van der Waals surface area contributed by atoms with E-state index in [0.29, 0.717) is 0 Å². The number of thioether (sulfide) groups is 1. The Morgan fingerprint density at radius 3 is 2.46 bits per heavy atom. The molecule has 0 saturated carbocycles. The van der Waals surface area contributed by atoms with E-state index in [0.717, 1.165) is 46.3 Å². The summed E-state index contributed by atoms with van der Waals surface area (Å²) in [6.07, 6.45) is 5.65. The zero-order valence-corrected chi connectivity index (χ0v) is 15.9. The van der Waals surface area contributed by atoms with Crippen molar-refractivity contribution in [3.8, 4) is 22.5 Å². The average Bonchev–Trinajstić information content (AvgIpc) is 2.96. The number of halogens is 1. The van der Waals surface area contributed by atoms with Crippen LogP contribution in [0.2, 0.25) is 0 Å². The summed E-state index contributed by atoms with van der Waals surface area (Å²) >= 11 is 1.74. The Bertz CT molecular complexity index is 886. The Balaban J connectivity index is 1.97. The van der Waals surface area contributed by atoms with Gasteiger partial charge in [0.15, 0.2) is 5.16 Å². The molecule has 0 unspecified atom stereocenters. The van der Waals surface area contributed by atoms with E-state index >= 15 is 0 Å². The Morgan fingerprint density at radius 2 is 1.81 bits per heavy atom. The normalized spacial score (nSPS) is 10.9. The second kappa shape index (κ2) is 8.32. The lowest BCUT2D eigenvalue weighted by Gasteiger charge is -2.07. The van der Waals surface area contributed by atoms with Gasteiger partial charge in [-0.2, -0.15) is 0 Å². The summed E-state index contributed by atoms with van der Waals surface area (Å²) in [4.78, 5) is 8.97. The molecule has 0 amide bonds. The lowest BCUT2D eigenvalue weighted by Crippen LogP contribution is -1.95. The molecular formula is C21H22FN3S. The third-order valence-electron chi connectivity index (χ3n) is 4.10. The van der Waals surface area contributed by atoms with Crippen molar-refractivity contribution >= 4 is 11.8 Å². The molecule has 2 heterocycles. The maximum absolute atomic E-state index is 13.3. The number of nitrogens with zero attached hydrogens (tertiary/aromatic N) is 3. The van der Waals surface area contributed by atoms with Crippen molar-refractivity contribution in [3.05, 3.63) is 66.8 Å². The minimum Gasteiger partial charge on any atom is -0.322 e. The highest BCUT2D eigenvalue weighted by Gasteiger charge is 2.18. The van der Waals surface area contributed by atoms with Crippen LogP contribution in [0.15, 0.2) is 66.1 Å². The van der Waals surface area contributed by atoms with E-state index in [1.165, 1.54) is 17.7 Å². The van der Waals surface area contributed by atoms with Crippen LogP contribution in [0.3, 0.4) is 0 Å². The molecule has 3 aromatic rings. The van der Waals surface area contributed by atoms with Gasteiger partial charge in [-0.05, 0) is 56.2 Å². The zero-order valence-electron chi connectivity index (χ0n) is 15.1. The van der Waals surface area contributed by atoms with E-state index in [9.17, 15) is 4.39 Å². The predicted molar refractivity (Wildman–Crippen MR) is 107 cm³/mol. The molecule has 2 aromatic heterocycles. The molecule has 0 aliphatic rings. The quantitative estimate of drug-likeness (QED) is 0.303. The van der Waals surface area contributed by atoms with Gasteiger partial charge in [-0.15, -0.1) is 6.58 Å². The highest BCUT2D eigenvalue weighted by molar-refractivity contribution is 7.99. The molecule has 0 radical (unpaired) electrons. The molecule has 0 bridgehead atoms. The third kappa shape index (κ3) is 4.22. The van der Waals surface area contributed by atoms with Crippen molar-refractivity contribution in [2.24, 2.45) is 7.05 Å². The van der Waals surface area contributed by atoms with Crippen LogP contribution in [0.5, 0.6) is 0 Å². The molecule has 3 rings (SSSR count). The standard InChI is InChI=1S/C21H22FN3S/c1-15(2)5-4-14-26-21-24-19(16-6-8-18(22)9-7-16)20(25(21)3)17-10-12-23-13-11-17/h6-13H,1,4-5,14H2,2-3H3. The van der Waals surface area contributed by atoms with Gasteiger partial charge in [-0.3, -0.25) is 4.98 Å². The monoisotopic (exact) mass is 367 g/mol. The van der Waals surface area contributed by atoms with E-state index in [2.05, 4.69) is 23.1 Å². The fourth-order valence-electron chi connectivity index (χ4n) is 2.79. The van der Waals surface area contributed by atoms with Gasteiger partial charge in [0.05, 0.1) is 11.4 Å². The van der Waals surface area contributed by atoms with Gasteiger partial charge in [0.1, 0.15) is 5.82 Å². The Hall–Kier alpha value is -2.40. The van der Waals surface area contributed by atoms with Crippen molar-refractivity contribution in [2.45, 2.75) is 24.9 Å². The number of allylic oxidation sites excluding steroid dienone is 1. The van der Waals surface area contributed by atoms with Crippen LogP contribution < -0.4 is 0 Å². The first kappa shape index (κ1) is 18.4. The number of benzene rings is 1. The predicted octanol–water partition coefficient (Wildman–Crippen LogP) is 5.74. The van der Waals surface area contributed by atoms with Crippen LogP contribution in [-0.4, -0.2) is 20.3 Å². The van der Waals surface area contributed by atoms with Gasteiger partial charge in [0.2, 0.25) is 0 Å². The Labute approximate surface area is 158 Å². The highest BCUT2D eigenvalue weighted by atomic mass is 32.2. The molecule has 0 aliphatic carbocycles. The van der Waals surface area contributed by atoms with E-state index in [-0.39, 0.29) is 5.82 Å². The van der Waals surface area contributed by atoms with Crippen LogP contribution in [0.25, 0.3) is 22.5 Å². The Kier molecular flexibility index (Phi) is 5.89. The van der Waals surface area contributed by atoms with Gasteiger partial charge in [0.25, 0.3) is 0 Å². The molecular weight excluding hydrogens is 345 g/mol. The summed E-state index contributed by atoms with van der Waals surface area (Å²) in [6, 6.07) is 10.4. The first-order valence-electron chi connectivity index (χ1n) is 8.56. The fourth-order valence-corrected chi connectivity index (χ4v) is 3.71. The first-order chi connectivity index (χ1) is 12.6. The van der Waals surface area contributed by atoms with Gasteiger partial charge in [-0.25, -0.2) is 9.37 Å². The van der Waals surface area contributed by atoms with E-state index in [4.69, 9.17) is 4.98 Å². The van der Waals surface area contributed by atoms with E-state index in [1.54, 1.807) is 36.3 Å². The molecule has 26 heavy (non-hydrogen) atoms. The summed E-state index contributed by atoms with van der Waals surface area (Å²) < 4.78 is 15.4. The average molecular weight is 367 g/mol. The second-order valence-electron chi connectivity index (χ2n) is 6.30. The smallest absolute Gasteiger partial charge is 0.168 e.